The highest BCUT2D eigenvalue weighted by Crippen LogP contribution is 2.29. The van der Waals surface area contributed by atoms with Crippen molar-refractivity contribution in [2.24, 2.45) is 0 Å². The lowest BCUT2D eigenvalue weighted by molar-refractivity contribution is -0.0120. The molecular formula is C16H19N3O4S. The summed E-state index contributed by atoms with van der Waals surface area (Å²) >= 11 is 0. The molecule has 8 heteroatoms. The van der Waals surface area contributed by atoms with Crippen LogP contribution in [-0.2, 0) is 27.7 Å². The minimum atomic E-state index is -3.53. The highest BCUT2D eigenvalue weighted by Gasteiger charge is 2.31. The van der Waals surface area contributed by atoms with Gasteiger partial charge in [0.1, 0.15) is 5.75 Å². The maximum Gasteiger partial charge on any atom is 0.243 e. The number of sulfonamides is 1. The third-order valence-corrected chi connectivity index (χ3v) is 6.21. The Morgan fingerprint density at radius 2 is 2.21 bits per heavy atom. The molecule has 0 amide bonds. The van der Waals surface area contributed by atoms with E-state index < -0.39 is 10.0 Å². The van der Waals surface area contributed by atoms with Gasteiger partial charge in [0.25, 0.3) is 0 Å². The number of aromatic nitrogens is 2. The van der Waals surface area contributed by atoms with Crippen LogP contribution in [0, 0.1) is 0 Å². The third kappa shape index (κ3) is 2.92. The van der Waals surface area contributed by atoms with Crippen LogP contribution in [0.4, 0.5) is 0 Å². The summed E-state index contributed by atoms with van der Waals surface area (Å²) in [5, 5.41) is 4.15. The molecule has 2 aliphatic heterocycles. The molecule has 4 rings (SSSR count). The van der Waals surface area contributed by atoms with Crippen molar-refractivity contribution in [3.05, 3.63) is 42.2 Å². The minimum Gasteiger partial charge on any atom is -0.493 e. The summed E-state index contributed by atoms with van der Waals surface area (Å²) in [6.07, 6.45) is 4.09. The largest absolute Gasteiger partial charge is 0.493 e. The highest BCUT2D eigenvalue weighted by molar-refractivity contribution is 7.89. The van der Waals surface area contributed by atoms with Crippen LogP contribution in [0.15, 0.2) is 41.6 Å². The Bertz CT molecular complexity index is 820. The Hall–Kier alpha value is -1.90. The molecule has 1 saturated heterocycles. The summed E-state index contributed by atoms with van der Waals surface area (Å²) in [5.41, 5.74) is 0.956. The molecule has 0 aliphatic carbocycles. The second kappa shape index (κ2) is 6.19. The molecule has 0 bridgehead atoms. The molecule has 24 heavy (non-hydrogen) atoms. The Morgan fingerprint density at radius 3 is 3.04 bits per heavy atom. The quantitative estimate of drug-likeness (QED) is 0.820. The van der Waals surface area contributed by atoms with Crippen molar-refractivity contribution in [2.45, 2.75) is 24.0 Å². The fourth-order valence-electron chi connectivity index (χ4n) is 3.11. The van der Waals surface area contributed by atoms with Gasteiger partial charge in [0.05, 0.1) is 30.8 Å². The number of ether oxygens (including phenoxy) is 2. The van der Waals surface area contributed by atoms with Gasteiger partial charge in [0.15, 0.2) is 0 Å². The first kappa shape index (κ1) is 15.6. The van der Waals surface area contributed by atoms with E-state index in [1.807, 2.05) is 12.3 Å². The molecule has 3 heterocycles. The van der Waals surface area contributed by atoms with E-state index in [9.17, 15) is 8.42 Å². The number of rotatable bonds is 4. The van der Waals surface area contributed by atoms with Crippen LogP contribution in [0.5, 0.6) is 5.75 Å². The van der Waals surface area contributed by atoms with Gasteiger partial charge in [-0.05, 0) is 29.8 Å². The first-order valence-electron chi connectivity index (χ1n) is 7.98. The Labute approximate surface area is 140 Å². The van der Waals surface area contributed by atoms with Crippen molar-refractivity contribution >= 4 is 10.0 Å². The third-order valence-electron chi connectivity index (χ3n) is 4.35. The number of hydrogen-bond donors (Lipinski definition) is 0. The van der Waals surface area contributed by atoms with Gasteiger partial charge in [-0.2, -0.15) is 9.40 Å². The molecule has 0 N–H and O–H groups in total. The van der Waals surface area contributed by atoms with Crippen LogP contribution in [-0.4, -0.2) is 54.9 Å². The average Bonchev–Trinajstić information content (AvgIpc) is 3.25. The lowest BCUT2D eigenvalue weighted by Crippen LogP contribution is -2.46. The standard InChI is InChI=1S/C16H19N3O4S/c20-24(21,15-2-3-16-13(10-15)4-8-23-16)19-7-9-22-14(12-19)11-18-6-1-5-17-18/h1-3,5-6,10,14H,4,7-9,11-12H2. The Morgan fingerprint density at radius 1 is 1.29 bits per heavy atom. The molecule has 128 valence electrons. The van der Waals surface area contributed by atoms with Crippen LogP contribution in [0.2, 0.25) is 0 Å². The van der Waals surface area contributed by atoms with E-state index in [2.05, 4.69) is 5.10 Å². The van der Waals surface area contributed by atoms with Crippen molar-refractivity contribution in [1.29, 1.82) is 0 Å². The number of fused-ring (bicyclic) bond motifs is 1. The first-order valence-corrected chi connectivity index (χ1v) is 9.42. The fourth-order valence-corrected chi connectivity index (χ4v) is 4.62. The number of hydrogen-bond acceptors (Lipinski definition) is 5. The predicted molar refractivity (Wildman–Crippen MR) is 86.4 cm³/mol. The van der Waals surface area contributed by atoms with E-state index in [1.165, 1.54) is 4.31 Å². The molecular weight excluding hydrogens is 330 g/mol. The zero-order valence-electron chi connectivity index (χ0n) is 13.2. The van der Waals surface area contributed by atoms with Gasteiger partial charge in [-0.3, -0.25) is 4.68 Å². The topological polar surface area (TPSA) is 73.7 Å². The van der Waals surface area contributed by atoms with Gasteiger partial charge in [-0.25, -0.2) is 8.42 Å². The van der Waals surface area contributed by atoms with E-state index in [1.54, 1.807) is 29.1 Å². The van der Waals surface area contributed by atoms with Crippen molar-refractivity contribution in [3.63, 3.8) is 0 Å². The number of benzene rings is 1. The zero-order chi connectivity index (χ0) is 16.6. The molecule has 7 nitrogen and oxygen atoms in total. The molecule has 2 aliphatic rings. The van der Waals surface area contributed by atoms with Gasteiger partial charge >= 0.3 is 0 Å². The average molecular weight is 349 g/mol. The number of morpholine rings is 1. The van der Waals surface area contributed by atoms with Crippen molar-refractivity contribution in [3.8, 4) is 5.75 Å². The summed E-state index contributed by atoms with van der Waals surface area (Å²) in [7, 11) is -3.53. The molecule has 0 saturated carbocycles. The fraction of sp³-hybridized carbons (Fsp3) is 0.438. The summed E-state index contributed by atoms with van der Waals surface area (Å²) < 4.78 is 40.3. The molecule has 1 unspecified atom stereocenters. The Kier molecular flexibility index (Phi) is 4.03. The van der Waals surface area contributed by atoms with Gasteiger partial charge in [-0.1, -0.05) is 0 Å². The Balaban J connectivity index is 1.53. The van der Waals surface area contributed by atoms with E-state index in [0.29, 0.717) is 37.7 Å². The molecule has 1 aromatic heterocycles. The van der Waals surface area contributed by atoms with Gasteiger partial charge < -0.3 is 9.47 Å². The van der Waals surface area contributed by atoms with Gasteiger partial charge in [-0.15, -0.1) is 0 Å². The molecule has 1 atom stereocenters. The smallest absolute Gasteiger partial charge is 0.243 e. The summed E-state index contributed by atoms with van der Waals surface area (Å²) in [6, 6.07) is 6.94. The molecule has 1 aromatic carbocycles. The van der Waals surface area contributed by atoms with Crippen molar-refractivity contribution in [1.82, 2.24) is 14.1 Å². The number of nitrogens with zero attached hydrogens (tertiary/aromatic N) is 3. The van der Waals surface area contributed by atoms with Crippen molar-refractivity contribution < 1.29 is 17.9 Å². The van der Waals surface area contributed by atoms with E-state index in [0.717, 1.165) is 17.7 Å². The van der Waals surface area contributed by atoms with Crippen LogP contribution in [0.25, 0.3) is 0 Å². The normalized spacial score (nSPS) is 21.4. The summed E-state index contributed by atoms with van der Waals surface area (Å²) in [6.45, 7) is 2.24. The van der Waals surface area contributed by atoms with Gasteiger partial charge in [0, 0.05) is 31.9 Å². The lowest BCUT2D eigenvalue weighted by Gasteiger charge is -2.32. The predicted octanol–water partition coefficient (Wildman–Crippen LogP) is 0.908. The second-order valence-corrected chi connectivity index (χ2v) is 7.89. The lowest BCUT2D eigenvalue weighted by atomic mass is 10.2. The molecule has 0 radical (unpaired) electrons. The first-order chi connectivity index (χ1) is 11.6. The summed E-state index contributed by atoms with van der Waals surface area (Å²) in [4.78, 5) is 0.325. The molecule has 1 fully saturated rings. The second-order valence-electron chi connectivity index (χ2n) is 5.95. The van der Waals surface area contributed by atoms with Crippen LogP contribution >= 0.6 is 0 Å². The van der Waals surface area contributed by atoms with Crippen LogP contribution in [0.1, 0.15) is 5.56 Å². The summed E-state index contributed by atoms with van der Waals surface area (Å²) in [5.74, 6) is 0.785. The maximum atomic E-state index is 12.9. The molecule has 0 spiro atoms. The van der Waals surface area contributed by atoms with Crippen molar-refractivity contribution in [2.75, 3.05) is 26.3 Å². The van der Waals surface area contributed by atoms with Gasteiger partial charge in [0.2, 0.25) is 10.0 Å². The minimum absolute atomic E-state index is 0.203. The SMILES string of the molecule is O=S(=O)(c1ccc2c(c1)CCO2)N1CCOC(Cn2cccn2)C1. The maximum absolute atomic E-state index is 12.9. The molecule has 2 aromatic rings. The van der Waals surface area contributed by atoms with Crippen LogP contribution in [0.3, 0.4) is 0 Å². The highest BCUT2D eigenvalue weighted by atomic mass is 32.2. The van der Waals surface area contributed by atoms with E-state index in [4.69, 9.17) is 9.47 Å². The zero-order valence-corrected chi connectivity index (χ0v) is 14.0. The van der Waals surface area contributed by atoms with E-state index >= 15 is 0 Å². The van der Waals surface area contributed by atoms with E-state index in [-0.39, 0.29) is 6.10 Å². The van der Waals surface area contributed by atoms with Crippen LogP contribution < -0.4 is 4.74 Å². The monoisotopic (exact) mass is 349 g/mol.